The predicted molar refractivity (Wildman–Crippen MR) is 69.0 cm³/mol. The highest BCUT2D eigenvalue weighted by Crippen LogP contribution is 2.35. The number of nitrogens with zero attached hydrogens (tertiary/aromatic N) is 1. The summed E-state index contributed by atoms with van der Waals surface area (Å²) in [6.45, 7) is 5.29. The van der Waals surface area contributed by atoms with Gasteiger partial charge in [0, 0.05) is 19.6 Å². The van der Waals surface area contributed by atoms with Crippen molar-refractivity contribution in [3.63, 3.8) is 0 Å². The van der Waals surface area contributed by atoms with Gasteiger partial charge in [0.1, 0.15) is 0 Å². The van der Waals surface area contributed by atoms with Gasteiger partial charge in [-0.05, 0) is 25.7 Å². The Balaban J connectivity index is 2.63. The molecule has 1 atom stereocenters. The molecule has 0 saturated carbocycles. The van der Waals surface area contributed by atoms with E-state index in [1.807, 2.05) is 13.8 Å². The lowest BCUT2D eigenvalue weighted by atomic mass is 9.76. The van der Waals surface area contributed by atoms with Gasteiger partial charge in [0.2, 0.25) is 5.91 Å². The Morgan fingerprint density at radius 2 is 1.89 bits per heavy atom. The van der Waals surface area contributed by atoms with E-state index in [4.69, 9.17) is 5.73 Å². The van der Waals surface area contributed by atoms with Gasteiger partial charge >= 0.3 is 5.97 Å². The van der Waals surface area contributed by atoms with Gasteiger partial charge in [-0.1, -0.05) is 13.8 Å². The Kier molecular flexibility index (Phi) is 5.14. The van der Waals surface area contributed by atoms with Crippen molar-refractivity contribution in [3.05, 3.63) is 0 Å². The number of likely N-dealkylation sites (tertiary alicyclic amines) is 1. The third-order valence-electron chi connectivity index (χ3n) is 4.29. The van der Waals surface area contributed by atoms with Crippen LogP contribution in [-0.2, 0) is 9.59 Å². The van der Waals surface area contributed by atoms with Crippen LogP contribution in [0.1, 0.15) is 39.5 Å². The van der Waals surface area contributed by atoms with Crippen LogP contribution in [0.3, 0.4) is 0 Å². The molecule has 1 aliphatic rings. The number of carbonyl (C=O) groups excluding carboxylic acids is 1. The molecule has 18 heavy (non-hydrogen) atoms. The highest BCUT2D eigenvalue weighted by atomic mass is 16.4. The fraction of sp³-hybridized carbons (Fsp3) is 0.846. The molecule has 1 heterocycles. The maximum Gasteiger partial charge on any atom is 0.309 e. The summed E-state index contributed by atoms with van der Waals surface area (Å²) >= 11 is 0. The monoisotopic (exact) mass is 256 g/mol. The lowest BCUT2D eigenvalue weighted by Crippen LogP contribution is -2.48. The first-order valence-electron chi connectivity index (χ1n) is 6.73. The van der Waals surface area contributed by atoms with Gasteiger partial charge < -0.3 is 15.7 Å². The highest BCUT2D eigenvalue weighted by molar-refractivity contribution is 5.80. The van der Waals surface area contributed by atoms with E-state index in [1.165, 1.54) is 0 Å². The summed E-state index contributed by atoms with van der Waals surface area (Å²) in [7, 11) is 0. The maximum atomic E-state index is 12.1. The number of rotatable bonds is 5. The van der Waals surface area contributed by atoms with Crippen LogP contribution in [0.2, 0.25) is 0 Å². The molecular weight excluding hydrogens is 232 g/mol. The minimum atomic E-state index is -0.733. The highest BCUT2D eigenvalue weighted by Gasteiger charge is 2.41. The SMILES string of the molecule is CCC(CN)C(=O)N1CCC(CC)(C(=O)O)CC1. The standard InChI is InChI=1S/C13H24N2O3/c1-3-10(9-14)11(16)15-7-5-13(4-2,6-8-15)12(17)18/h10H,3-9,14H2,1-2H3,(H,17,18). The lowest BCUT2D eigenvalue weighted by molar-refractivity contribution is -0.155. The maximum absolute atomic E-state index is 12.1. The topological polar surface area (TPSA) is 83.6 Å². The molecule has 0 aliphatic carbocycles. The zero-order chi connectivity index (χ0) is 13.8. The van der Waals surface area contributed by atoms with Crippen LogP contribution in [0.4, 0.5) is 0 Å². The lowest BCUT2D eigenvalue weighted by Gasteiger charge is -2.39. The van der Waals surface area contributed by atoms with Gasteiger partial charge in [0.15, 0.2) is 0 Å². The molecule has 1 aliphatic heterocycles. The summed E-state index contributed by atoms with van der Waals surface area (Å²) in [5.74, 6) is -0.776. The van der Waals surface area contributed by atoms with Gasteiger partial charge in [-0.2, -0.15) is 0 Å². The summed E-state index contributed by atoms with van der Waals surface area (Å²) < 4.78 is 0. The van der Waals surface area contributed by atoms with Crippen LogP contribution < -0.4 is 5.73 Å². The summed E-state index contributed by atoms with van der Waals surface area (Å²) in [5.41, 5.74) is 4.94. The molecule has 1 saturated heterocycles. The zero-order valence-corrected chi connectivity index (χ0v) is 11.3. The van der Waals surface area contributed by atoms with Crippen LogP contribution in [0.5, 0.6) is 0 Å². The van der Waals surface area contributed by atoms with Crippen molar-refractivity contribution >= 4 is 11.9 Å². The van der Waals surface area contributed by atoms with Crippen molar-refractivity contribution < 1.29 is 14.7 Å². The van der Waals surface area contributed by atoms with Gasteiger partial charge in [0.25, 0.3) is 0 Å². The van der Waals surface area contributed by atoms with Crippen LogP contribution in [0.25, 0.3) is 0 Å². The second kappa shape index (κ2) is 6.18. The number of carbonyl (C=O) groups is 2. The number of hydrogen-bond donors (Lipinski definition) is 2. The van der Waals surface area contributed by atoms with Crippen molar-refractivity contribution in [1.82, 2.24) is 4.90 Å². The van der Waals surface area contributed by atoms with E-state index in [9.17, 15) is 14.7 Å². The molecule has 0 aromatic heterocycles. The number of carboxylic acids is 1. The minimum Gasteiger partial charge on any atom is -0.481 e. The fourth-order valence-corrected chi connectivity index (χ4v) is 2.57. The number of nitrogens with two attached hydrogens (primary N) is 1. The summed E-state index contributed by atoms with van der Waals surface area (Å²) in [6, 6.07) is 0. The summed E-state index contributed by atoms with van der Waals surface area (Å²) in [4.78, 5) is 25.2. The molecule has 1 rings (SSSR count). The first-order valence-corrected chi connectivity index (χ1v) is 6.73. The molecular formula is C13H24N2O3. The first kappa shape index (κ1) is 15.0. The van der Waals surface area contributed by atoms with Gasteiger partial charge in [-0.3, -0.25) is 9.59 Å². The van der Waals surface area contributed by atoms with Crippen LogP contribution in [0.15, 0.2) is 0 Å². The van der Waals surface area contributed by atoms with Crippen molar-refractivity contribution in [3.8, 4) is 0 Å². The largest absolute Gasteiger partial charge is 0.481 e. The normalized spacial score (nSPS) is 20.5. The summed E-state index contributed by atoms with van der Waals surface area (Å²) in [6.07, 6.45) is 2.46. The molecule has 5 heteroatoms. The molecule has 5 nitrogen and oxygen atoms in total. The average Bonchev–Trinajstić information content (AvgIpc) is 2.39. The molecule has 0 bridgehead atoms. The quantitative estimate of drug-likeness (QED) is 0.771. The Bertz CT molecular complexity index is 305. The van der Waals surface area contributed by atoms with E-state index >= 15 is 0 Å². The van der Waals surface area contributed by atoms with Gasteiger partial charge in [0.05, 0.1) is 11.3 Å². The first-order chi connectivity index (χ1) is 8.50. The molecule has 1 fully saturated rings. The summed E-state index contributed by atoms with van der Waals surface area (Å²) in [5, 5.41) is 9.29. The van der Waals surface area contributed by atoms with E-state index < -0.39 is 11.4 Å². The Morgan fingerprint density at radius 1 is 1.33 bits per heavy atom. The van der Waals surface area contributed by atoms with Crippen LogP contribution >= 0.6 is 0 Å². The molecule has 104 valence electrons. The van der Waals surface area contributed by atoms with E-state index in [0.717, 1.165) is 6.42 Å². The Hall–Kier alpha value is -1.10. The molecule has 0 aromatic carbocycles. The van der Waals surface area contributed by atoms with Crippen molar-refractivity contribution in [1.29, 1.82) is 0 Å². The third kappa shape index (κ3) is 2.83. The fourth-order valence-electron chi connectivity index (χ4n) is 2.57. The molecule has 3 N–H and O–H groups in total. The molecule has 0 spiro atoms. The van der Waals surface area contributed by atoms with Crippen LogP contribution in [-0.4, -0.2) is 41.5 Å². The van der Waals surface area contributed by atoms with Gasteiger partial charge in [-0.25, -0.2) is 0 Å². The number of carboxylic acid groups (broad SMARTS) is 1. The number of aliphatic carboxylic acids is 1. The molecule has 1 unspecified atom stereocenters. The smallest absolute Gasteiger partial charge is 0.309 e. The minimum absolute atomic E-state index is 0.0788. The Morgan fingerprint density at radius 3 is 2.22 bits per heavy atom. The third-order valence-corrected chi connectivity index (χ3v) is 4.29. The van der Waals surface area contributed by atoms with E-state index in [1.54, 1.807) is 4.90 Å². The average molecular weight is 256 g/mol. The second-order valence-electron chi connectivity index (χ2n) is 5.11. The number of hydrogen-bond acceptors (Lipinski definition) is 3. The van der Waals surface area contributed by atoms with E-state index in [0.29, 0.717) is 38.9 Å². The van der Waals surface area contributed by atoms with Crippen LogP contribution in [0, 0.1) is 11.3 Å². The molecule has 1 amide bonds. The van der Waals surface area contributed by atoms with Crippen molar-refractivity contribution in [2.24, 2.45) is 17.1 Å². The molecule has 0 aromatic rings. The predicted octanol–water partition coefficient (Wildman–Crippen LogP) is 1.07. The molecule has 0 radical (unpaired) electrons. The van der Waals surface area contributed by atoms with Gasteiger partial charge in [-0.15, -0.1) is 0 Å². The second-order valence-corrected chi connectivity index (χ2v) is 5.11. The van der Waals surface area contributed by atoms with E-state index in [2.05, 4.69) is 0 Å². The number of amides is 1. The van der Waals surface area contributed by atoms with Crippen molar-refractivity contribution in [2.75, 3.05) is 19.6 Å². The Labute approximate surface area is 108 Å². The van der Waals surface area contributed by atoms with E-state index in [-0.39, 0.29) is 11.8 Å². The zero-order valence-electron chi connectivity index (χ0n) is 11.3. The van der Waals surface area contributed by atoms with Crippen molar-refractivity contribution in [2.45, 2.75) is 39.5 Å². The number of piperidine rings is 1.